The van der Waals surface area contributed by atoms with Crippen LogP contribution in [0.15, 0.2) is 54.6 Å². The highest BCUT2D eigenvalue weighted by atomic mass is 32.2. The maximum absolute atomic E-state index is 10.5. The lowest BCUT2D eigenvalue weighted by Crippen LogP contribution is -2.15. The molecule has 0 aliphatic carbocycles. The molecule has 0 spiro atoms. The van der Waals surface area contributed by atoms with Gasteiger partial charge in [0.25, 0.3) is 0 Å². The maximum Gasteiger partial charge on any atom is 0.303 e. The molecule has 0 saturated carbocycles. The molecule has 142 valence electrons. The Morgan fingerprint density at radius 3 is 2.77 bits per heavy atom. The molecule has 1 aliphatic heterocycles. The molecular formula is C22H30O3S. The van der Waals surface area contributed by atoms with Crippen molar-refractivity contribution in [2.24, 2.45) is 11.8 Å². The van der Waals surface area contributed by atoms with Crippen molar-refractivity contribution in [3.8, 4) is 0 Å². The standard InChI is InChI=1S/C22H30O3S/c1-17(18-9-6-4-7-10-18)21(23)14-13-20-16-26-15-19(20)11-5-2-3-8-12-22(24)25/h2,4-7,9-10,13-14,17,19-21,23H,3,8,11-12,15-16H2,1H3,(H,24,25)/t17?,19-,20+,21?/m0/s1. The molecule has 1 aliphatic rings. The number of carbonyl (C=O) groups is 1. The summed E-state index contributed by atoms with van der Waals surface area (Å²) in [5.41, 5.74) is 1.16. The normalized spacial score (nSPS) is 22.8. The molecule has 4 atom stereocenters. The summed E-state index contributed by atoms with van der Waals surface area (Å²) in [6.45, 7) is 2.06. The summed E-state index contributed by atoms with van der Waals surface area (Å²) in [6, 6.07) is 10.1. The zero-order valence-electron chi connectivity index (χ0n) is 15.5. The lowest BCUT2D eigenvalue weighted by molar-refractivity contribution is -0.137. The average molecular weight is 375 g/mol. The number of benzene rings is 1. The molecule has 2 unspecified atom stereocenters. The Hall–Kier alpha value is -1.52. The summed E-state index contributed by atoms with van der Waals surface area (Å²) in [7, 11) is 0. The number of allylic oxidation sites excluding steroid dienone is 3. The van der Waals surface area contributed by atoms with Crippen molar-refractivity contribution in [2.45, 2.75) is 44.6 Å². The van der Waals surface area contributed by atoms with Crippen molar-refractivity contribution in [2.75, 3.05) is 11.5 Å². The van der Waals surface area contributed by atoms with Crippen molar-refractivity contribution in [3.05, 3.63) is 60.2 Å². The van der Waals surface area contributed by atoms with Gasteiger partial charge in [-0.05, 0) is 48.2 Å². The number of hydrogen-bond acceptors (Lipinski definition) is 3. The van der Waals surface area contributed by atoms with Gasteiger partial charge in [0.2, 0.25) is 0 Å². The van der Waals surface area contributed by atoms with Crippen LogP contribution in [0.1, 0.15) is 44.1 Å². The molecule has 1 aromatic rings. The van der Waals surface area contributed by atoms with E-state index in [2.05, 4.69) is 37.3 Å². The third-order valence-corrected chi connectivity index (χ3v) is 6.29. The van der Waals surface area contributed by atoms with Gasteiger partial charge in [-0.2, -0.15) is 11.8 Å². The van der Waals surface area contributed by atoms with E-state index in [1.54, 1.807) is 0 Å². The van der Waals surface area contributed by atoms with Crippen molar-refractivity contribution >= 4 is 17.7 Å². The second kappa shape index (κ2) is 11.2. The van der Waals surface area contributed by atoms with Crippen LogP contribution >= 0.6 is 11.8 Å². The summed E-state index contributed by atoms with van der Waals surface area (Å²) >= 11 is 1.97. The first kappa shape index (κ1) is 20.8. The van der Waals surface area contributed by atoms with E-state index < -0.39 is 12.1 Å². The molecule has 0 bridgehead atoms. The molecule has 0 amide bonds. The van der Waals surface area contributed by atoms with Crippen LogP contribution in [0.4, 0.5) is 0 Å². The first-order chi connectivity index (χ1) is 12.6. The largest absolute Gasteiger partial charge is 0.481 e. The van der Waals surface area contributed by atoms with E-state index >= 15 is 0 Å². The molecule has 26 heavy (non-hydrogen) atoms. The summed E-state index contributed by atoms with van der Waals surface area (Å²) in [5.74, 6) is 2.74. The molecule has 2 rings (SSSR count). The minimum Gasteiger partial charge on any atom is -0.481 e. The number of aliphatic hydroxyl groups is 1. The van der Waals surface area contributed by atoms with Gasteiger partial charge in [-0.3, -0.25) is 4.79 Å². The highest BCUT2D eigenvalue weighted by Gasteiger charge is 2.25. The molecule has 1 heterocycles. The summed E-state index contributed by atoms with van der Waals surface area (Å²) in [6.07, 6.45) is 10.8. The molecule has 0 radical (unpaired) electrons. The van der Waals surface area contributed by atoms with Crippen LogP contribution in [-0.2, 0) is 4.79 Å². The Bertz CT molecular complexity index is 597. The second-order valence-electron chi connectivity index (χ2n) is 7.03. The van der Waals surface area contributed by atoms with Gasteiger partial charge in [-0.25, -0.2) is 0 Å². The number of thioether (sulfide) groups is 1. The predicted octanol–water partition coefficient (Wildman–Crippen LogP) is 4.89. The lowest BCUT2D eigenvalue weighted by Gasteiger charge is -2.18. The van der Waals surface area contributed by atoms with Crippen LogP contribution in [0.25, 0.3) is 0 Å². The van der Waals surface area contributed by atoms with E-state index in [1.165, 1.54) is 0 Å². The smallest absolute Gasteiger partial charge is 0.303 e. The zero-order chi connectivity index (χ0) is 18.8. The molecule has 0 aromatic heterocycles. The van der Waals surface area contributed by atoms with Gasteiger partial charge in [0, 0.05) is 12.3 Å². The average Bonchev–Trinajstić information content (AvgIpc) is 3.09. The van der Waals surface area contributed by atoms with Crippen LogP contribution in [0.2, 0.25) is 0 Å². The molecule has 3 nitrogen and oxygen atoms in total. The predicted molar refractivity (Wildman–Crippen MR) is 110 cm³/mol. The Balaban J connectivity index is 1.79. The number of aliphatic carboxylic acids is 1. The van der Waals surface area contributed by atoms with E-state index in [0.29, 0.717) is 18.3 Å². The minimum absolute atomic E-state index is 0.0917. The number of rotatable bonds is 10. The lowest BCUT2D eigenvalue weighted by atomic mass is 9.90. The van der Waals surface area contributed by atoms with E-state index in [-0.39, 0.29) is 12.3 Å². The third kappa shape index (κ3) is 7.00. The molecular weight excluding hydrogens is 344 g/mol. The quantitative estimate of drug-likeness (QED) is 0.452. The summed E-state index contributed by atoms with van der Waals surface area (Å²) in [4.78, 5) is 10.5. The SMILES string of the molecule is CC(c1ccccc1)C(O)C=C[C@@H]1CSC[C@@H]1CC=CCCCC(=O)O. The van der Waals surface area contributed by atoms with Crippen LogP contribution in [-0.4, -0.2) is 33.8 Å². The van der Waals surface area contributed by atoms with Crippen LogP contribution < -0.4 is 0 Å². The van der Waals surface area contributed by atoms with Gasteiger partial charge in [-0.1, -0.05) is 61.6 Å². The van der Waals surface area contributed by atoms with Crippen molar-refractivity contribution in [3.63, 3.8) is 0 Å². The molecule has 4 heteroatoms. The Morgan fingerprint density at radius 2 is 2.04 bits per heavy atom. The fourth-order valence-electron chi connectivity index (χ4n) is 3.21. The Kier molecular flexibility index (Phi) is 8.99. The van der Waals surface area contributed by atoms with Crippen molar-refractivity contribution in [1.82, 2.24) is 0 Å². The maximum atomic E-state index is 10.5. The van der Waals surface area contributed by atoms with Crippen LogP contribution in [0.3, 0.4) is 0 Å². The van der Waals surface area contributed by atoms with E-state index in [0.717, 1.165) is 29.9 Å². The summed E-state index contributed by atoms with van der Waals surface area (Å²) < 4.78 is 0. The highest BCUT2D eigenvalue weighted by Crippen LogP contribution is 2.34. The Morgan fingerprint density at radius 1 is 1.27 bits per heavy atom. The van der Waals surface area contributed by atoms with Gasteiger partial charge in [-0.15, -0.1) is 0 Å². The first-order valence-electron chi connectivity index (χ1n) is 9.43. The monoisotopic (exact) mass is 374 g/mol. The number of carboxylic acid groups (broad SMARTS) is 1. The van der Waals surface area contributed by atoms with Gasteiger partial charge in [0.15, 0.2) is 0 Å². The number of hydrogen-bond donors (Lipinski definition) is 2. The molecule has 1 fully saturated rings. The van der Waals surface area contributed by atoms with Gasteiger partial charge >= 0.3 is 5.97 Å². The van der Waals surface area contributed by atoms with E-state index in [1.807, 2.05) is 36.0 Å². The van der Waals surface area contributed by atoms with Crippen molar-refractivity contribution in [1.29, 1.82) is 0 Å². The van der Waals surface area contributed by atoms with E-state index in [9.17, 15) is 9.90 Å². The molecule has 1 saturated heterocycles. The highest BCUT2D eigenvalue weighted by molar-refractivity contribution is 7.99. The summed E-state index contributed by atoms with van der Waals surface area (Å²) in [5, 5.41) is 19.1. The van der Waals surface area contributed by atoms with E-state index in [4.69, 9.17) is 5.11 Å². The fourth-order valence-corrected chi connectivity index (χ4v) is 4.69. The van der Waals surface area contributed by atoms with Gasteiger partial charge in [0.05, 0.1) is 6.10 Å². The first-order valence-corrected chi connectivity index (χ1v) is 10.6. The fraction of sp³-hybridized carbons (Fsp3) is 0.500. The number of aliphatic hydroxyl groups excluding tert-OH is 1. The van der Waals surface area contributed by atoms with Crippen LogP contribution in [0, 0.1) is 11.8 Å². The van der Waals surface area contributed by atoms with Crippen molar-refractivity contribution < 1.29 is 15.0 Å². The van der Waals surface area contributed by atoms with Gasteiger partial charge in [0.1, 0.15) is 0 Å². The number of unbranched alkanes of at least 4 members (excludes halogenated alkanes) is 1. The molecule has 2 N–H and O–H groups in total. The Labute approximate surface area is 161 Å². The second-order valence-corrected chi connectivity index (χ2v) is 8.10. The molecule has 1 aromatic carbocycles. The van der Waals surface area contributed by atoms with Crippen LogP contribution in [0.5, 0.6) is 0 Å². The topological polar surface area (TPSA) is 57.5 Å². The third-order valence-electron chi connectivity index (χ3n) is 5.01. The number of carboxylic acids is 1. The van der Waals surface area contributed by atoms with Gasteiger partial charge < -0.3 is 10.2 Å². The minimum atomic E-state index is -0.723. The zero-order valence-corrected chi connectivity index (χ0v) is 16.3.